The first-order chi connectivity index (χ1) is 10.5. The van der Waals surface area contributed by atoms with E-state index in [-0.39, 0.29) is 36.2 Å². The van der Waals surface area contributed by atoms with Crippen molar-refractivity contribution in [2.75, 3.05) is 7.05 Å². The molecule has 0 aromatic heterocycles. The zero-order valence-electron chi connectivity index (χ0n) is 13.3. The van der Waals surface area contributed by atoms with Crippen molar-refractivity contribution in [3.05, 3.63) is 0 Å². The van der Waals surface area contributed by atoms with Crippen molar-refractivity contribution in [2.45, 2.75) is 75.3 Å². The minimum absolute atomic E-state index is 0.0287. The molecule has 2 saturated heterocycles. The lowest BCUT2D eigenvalue weighted by Gasteiger charge is -2.54. The second-order valence-electron chi connectivity index (χ2n) is 6.45. The van der Waals surface area contributed by atoms with E-state index in [0.29, 0.717) is 6.04 Å². The zero-order chi connectivity index (χ0) is 15.9. The van der Waals surface area contributed by atoms with E-state index in [1.54, 1.807) is 0 Å². The van der Waals surface area contributed by atoms with E-state index in [1.165, 1.54) is 19.3 Å². The lowest BCUT2D eigenvalue weighted by atomic mass is 9.91. The summed E-state index contributed by atoms with van der Waals surface area (Å²) in [6, 6.07) is 0.496. The van der Waals surface area contributed by atoms with Gasteiger partial charge in [0.2, 0.25) is 0 Å². The van der Waals surface area contributed by atoms with E-state index in [0.717, 1.165) is 0 Å². The number of nitrogens with one attached hydrogen (secondary N) is 5. The van der Waals surface area contributed by atoms with E-state index in [4.69, 9.17) is 23.2 Å². The number of alkyl halides is 2. The van der Waals surface area contributed by atoms with Crippen molar-refractivity contribution < 1.29 is 0 Å². The summed E-state index contributed by atoms with van der Waals surface area (Å²) in [5, 5.41) is 16.9. The molecule has 3 aliphatic rings. The number of hydrogen-bond acceptors (Lipinski definition) is 7. The van der Waals surface area contributed by atoms with Gasteiger partial charge in [-0.2, -0.15) is 0 Å². The van der Waals surface area contributed by atoms with Crippen molar-refractivity contribution in [1.29, 1.82) is 0 Å². The third kappa shape index (κ3) is 3.53. The van der Waals surface area contributed by atoms with Crippen LogP contribution in [0.15, 0.2) is 0 Å². The van der Waals surface area contributed by atoms with E-state index in [1.807, 2.05) is 0 Å². The van der Waals surface area contributed by atoms with Gasteiger partial charge in [0.25, 0.3) is 0 Å². The summed E-state index contributed by atoms with van der Waals surface area (Å²) >= 11 is 12.8. The van der Waals surface area contributed by atoms with Gasteiger partial charge in [-0.05, 0) is 33.7 Å². The summed E-state index contributed by atoms with van der Waals surface area (Å²) in [4.78, 5) is 4.50. The summed E-state index contributed by atoms with van der Waals surface area (Å²) in [5.41, 5.74) is -0.610. The third-order valence-corrected chi connectivity index (χ3v) is 5.33. The van der Waals surface area contributed by atoms with E-state index in [9.17, 15) is 0 Å². The Morgan fingerprint density at radius 2 is 1.59 bits per heavy atom. The van der Waals surface area contributed by atoms with E-state index >= 15 is 0 Å². The largest absolute Gasteiger partial charge is 0.287 e. The quantitative estimate of drug-likeness (QED) is 0.363. The van der Waals surface area contributed by atoms with Crippen LogP contribution < -0.4 is 26.6 Å². The van der Waals surface area contributed by atoms with Gasteiger partial charge < -0.3 is 0 Å². The fraction of sp³-hybridized carbons (Fsp3) is 1.00. The van der Waals surface area contributed by atoms with Gasteiger partial charge in [0.05, 0.1) is 12.3 Å². The van der Waals surface area contributed by atoms with Crippen LogP contribution in [0, 0.1) is 0 Å². The van der Waals surface area contributed by atoms with Gasteiger partial charge >= 0.3 is 0 Å². The van der Waals surface area contributed by atoms with Crippen LogP contribution >= 0.6 is 23.2 Å². The molecule has 5 unspecified atom stereocenters. The maximum Gasteiger partial charge on any atom is 0.142 e. The van der Waals surface area contributed by atoms with Crippen molar-refractivity contribution in [3.8, 4) is 0 Å². The van der Waals surface area contributed by atoms with Gasteiger partial charge in [0.15, 0.2) is 0 Å². The normalized spacial score (nSPS) is 45.0. The molecule has 0 spiro atoms. The predicted octanol–water partition coefficient (Wildman–Crippen LogP) is 0.0519. The summed E-state index contributed by atoms with van der Waals surface area (Å²) in [6.07, 6.45) is 4.12. The standard InChI is InChI=1S/C13H27Cl2N7/c1-7-16-8(2)18-12(17-7)21(3)13-20-10(14)19-11(15)22(13)9-5-4-6-9/h7-13,16-20H,4-6H2,1-3H3. The molecular formula is C13H27Cl2N7. The molecule has 0 aromatic rings. The molecule has 1 saturated carbocycles. The van der Waals surface area contributed by atoms with Crippen LogP contribution in [0.3, 0.4) is 0 Å². The van der Waals surface area contributed by atoms with Crippen molar-refractivity contribution in [1.82, 2.24) is 36.4 Å². The van der Waals surface area contributed by atoms with Crippen molar-refractivity contribution in [3.63, 3.8) is 0 Å². The molecule has 3 rings (SSSR count). The third-order valence-electron chi connectivity index (χ3n) is 4.73. The van der Waals surface area contributed by atoms with Crippen molar-refractivity contribution >= 4 is 23.2 Å². The minimum Gasteiger partial charge on any atom is -0.287 e. The smallest absolute Gasteiger partial charge is 0.142 e. The lowest BCUT2D eigenvalue weighted by molar-refractivity contribution is -0.0981. The van der Waals surface area contributed by atoms with Crippen LogP contribution in [0.4, 0.5) is 0 Å². The molecule has 1 aliphatic carbocycles. The fourth-order valence-electron chi connectivity index (χ4n) is 3.36. The van der Waals surface area contributed by atoms with Crippen LogP contribution in [0.5, 0.6) is 0 Å². The second kappa shape index (κ2) is 7.04. The first kappa shape index (κ1) is 17.1. The molecule has 2 aliphatic heterocycles. The molecule has 9 heteroatoms. The molecule has 0 radical (unpaired) electrons. The summed E-state index contributed by atoms with van der Waals surface area (Å²) < 4.78 is 0. The Hall–Kier alpha value is 0.300. The van der Waals surface area contributed by atoms with Gasteiger partial charge in [-0.25, -0.2) is 4.90 Å². The Balaban J connectivity index is 1.73. The van der Waals surface area contributed by atoms with Gasteiger partial charge in [-0.3, -0.25) is 31.5 Å². The molecule has 0 aromatic carbocycles. The topological polar surface area (TPSA) is 66.6 Å². The molecular weight excluding hydrogens is 325 g/mol. The van der Waals surface area contributed by atoms with Crippen LogP contribution in [0.1, 0.15) is 33.1 Å². The molecule has 128 valence electrons. The van der Waals surface area contributed by atoms with E-state index < -0.39 is 0 Å². The number of nitrogens with zero attached hydrogens (tertiary/aromatic N) is 2. The average molecular weight is 352 g/mol. The molecule has 5 N–H and O–H groups in total. The Kier molecular flexibility index (Phi) is 5.49. The fourth-order valence-corrected chi connectivity index (χ4v) is 4.05. The van der Waals surface area contributed by atoms with E-state index in [2.05, 4.69) is 57.3 Å². The Bertz CT molecular complexity index is 373. The highest BCUT2D eigenvalue weighted by molar-refractivity contribution is 6.23. The molecule has 5 atom stereocenters. The highest BCUT2D eigenvalue weighted by Crippen LogP contribution is 2.31. The molecule has 22 heavy (non-hydrogen) atoms. The first-order valence-electron chi connectivity index (χ1n) is 8.03. The van der Waals surface area contributed by atoms with Crippen LogP contribution in [-0.2, 0) is 0 Å². The summed E-state index contributed by atoms with van der Waals surface area (Å²) in [6.45, 7) is 4.23. The predicted molar refractivity (Wildman–Crippen MR) is 88.7 cm³/mol. The summed E-state index contributed by atoms with van der Waals surface area (Å²) in [7, 11) is 2.08. The van der Waals surface area contributed by atoms with Gasteiger partial charge in [0.1, 0.15) is 23.8 Å². The lowest BCUT2D eigenvalue weighted by Crippen LogP contribution is -2.78. The first-order valence-corrected chi connectivity index (χ1v) is 8.91. The number of rotatable bonds is 3. The van der Waals surface area contributed by atoms with Gasteiger partial charge in [-0.1, -0.05) is 29.6 Å². The Morgan fingerprint density at radius 1 is 0.955 bits per heavy atom. The van der Waals surface area contributed by atoms with Crippen LogP contribution in [0.2, 0.25) is 0 Å². The Labute approximate surface area is 142 Å². The van der Waals surface area contributed by atoms with Gasteiger partial charge in [-0.15, -0.1) is 0 Å². The zero-order valence-corrected chi connectivity index (χ0v) is 14.8. The number of halogens is 2. The monoisotopic (exact) mass is 351 g/mol. The molecule has 3 fully saturated rings. The summed E-state index contributed by atoms with van der Waals surface area (Å²) in [5.74, 6) is 0. The SMILES string of the molecule is CC1NC(C)NC(N(C)C2NC(Cl)NC(Cl)N2C2CCC2)N1. The maximum absolute atomic E-state index is 6.53. The molecule has 2 heterocycles. The maximum atomic E-state index is 6.53. The molecule has 7 nitrogen and oxygen atoms in total. The van der Waals surface area contributed by atoms with Crippen LogP contribution in [0.25, 0.3) is 0 Å². The number of hydrogen-bond donors (Lipinski definition) is 5. The second-order valence-corrected chi connectivity index (χ2v) is 7.30. The average Bonchev–Trinajstić information content (AvgIpc) is 2.37. The van der Waals surface area contributed by atoms with Crippen molar-refractivity contribution in [2.24, 2.45) is 0 Å². The highest BCUT2D eigenvalue weighted by atomic mass is 35.5. The van der Waals surface area contributed by atoms with Crippen LogP contribution in [-0.4, -0.2) is 59.1 Å². The highest BCUT2D eigenvalue weighted by Gasteiger charge is 2.43. The molecule has 0 amide bonds. The molecule has 0 bridgehead atoms. The minimum atomic E-state index is -0.345. The Morgan fingerprint density at radius 3 is 2.14 bits per heavy atom. The van der Waals surface area contributed by atoms with Gasteiger partial charge in [0, 0.05) is 6.04 Å².